The van der Waals surface area contributed by atoms with Crippen molar-refractivity contribution in [1.29, 1.82) is 0 Å². The van der Waals surface area contributed by atoms with Crippen molar-refractivity contribution in [3.63, 3.8) is 0 Å². The van der Waals surface area contributed by atoms with Gasteiger partial charge in [-0.2, -0.15) is 0 Å². The smallest absolute Gasteiger partial charge is 0.408 e. The number of sulfonamides is 1. The van der Waals surface area contributed by atoms with E-state index in [2.05, 4.69) is 5.32 Å². The lowest BCUT2D eigenvalue weighted by Gasteiger charge is -2.53. The SMILES string of the molecule is CC(C)[C@H](NC(=O)OC(C)(C)C)C(=O)N1CC[C@H]2[C@H]1C(C1CCC1)(C1CCC1)C(=O)N2S(C)(=O)=O. The molecular formula is C25H41N3O6S. The third-order valence-corrected chi connectivity index (χ3v) is 9.69. The molecule has 3 atom stereocenters. The number of carbonyl (C=O) groups is 3. The summed E-state index contributed by atoms with van der Waals surface area (Å²) in [4.78, 5) is 42.4. The summed E-state index contributed by atoms with van der Waals surface area (Å²) in [6, 6.07) is -1.86. The van der Waals surface area contributed by atoms with E-state index in [4.69, 9.17) is 4.74 Å². The van der Waals surface area contributed by atoms with Gasteiger partial charge in [0, 0.05) is 6.54 Å². The van der Waals surface area contributed by atoms with Crippen LogP contribution in [0.1, 0.15) is 79.6 Å². The molecule has 0 aromatic carbocycles. The van der Waals surface area contributed by atoms with Crippen molar-refractivity contribution < 1.29 is 27.5 Å². The van der Waals surface area contributed by atoms with Crippen LogP contribution in [-0.4, -0.2) is 72.1 Å². The molecule has 0 unspecified atom stereocenters. The fraction of sp³-hybridized carbons (Fsp3) is 0.880. The summed E-state index contributed by atoms with van der Waals surface area (Å²) < 4.78 is 32.2. The Hall–Kier alpha value is -1.84. The van der Waals surface area contributed by atoms with Gasteiger partial charge in [0.05, 0.1) is 23.8 Å². The van der Waals surface area contributed by atoms with E-state index in [1.54, 1.807) is 25.7 Å². The molecule has 9 nitrogen and oxygen atoms in total. The molecular weight excluding hydrogens is 470 g/mol. The molecule has 0 spiro atoms. The van der Waals surface area contributed by atoms with Crippen molar-refractivity contribution >= 4 is 27.9 Å². The number of fused-ring (bicyclic) bond motifs is 1. The monoisotopic (exact) mass is 511 g/mol. The van der Waals surface area contributed by atoms with Crippen LogP contribution in [-0.2, 0) is 24.3 Å². The van der Waals surface area contributed by atoms with Crippen LogP contribution >= 0.6 is 0 Å². The minimum absolute atomic E-state index is 0.0873. The van der Waals surface area contributed by atoms with E-state index in [0.717, 1.165) is 49.1 Å². The van der Waals surface area contributed by atoms with Gasteiger partial charge < -0.3 is 15.0 Å². The largest absolute Gasteiger partial charge is 0.444 e. The van der Waals surface area contributed by atoms with Gasteiger partial charge >= 0.3 is 6.09 Å². The summed E-state index contributed by atoms with van der Waals surface area (Å²) in [7, 11) is -3.78. The number of nitrogens with zero attached hydrogens (tertiary/aromatic N) is 2. The van der Waals surface area contributed by atoms with Crippen LogP contribution in [0, 0.1) is 23.2 Å². The Morgan fingerprint density at radius 3 is 2.00 bits per heavy atom. The molecule has 10 heteroatoms. The zero-order valence-corrected chi connectivity index (χ0v) is 22.7. The second-order valence-corrected chi connectivity index (χ2v) is 14.1. The predicted molar refractivity (Wildman–Crippen MR) is 131 cm³/mol. The molecule has 0 radical (unpaired) electrons. The van der Waals surface area contributed by atoms with Crippen molar-refractivity contribution in [2.45, 2.75) is 103 Å². The van der Waals surface area contributed by atoms with Gasteiger partial charge in [0.25, 0.3) is 0 Å². The quantitative estimate of drug-likeness (QED) is 0.587. The molecule has 2 saturated heterocycles. The van der Waals surface area contributed by atoms with Crippen LogP contribution in [0.4, 0.5) is 4.79 Å². The lowest BCUT2D eigenvalue weighted by molar-refractivity contribution is -0.154. The Morgan fingerprint density at radius 2 is 1.60 bits per heavy atom. The Balaban J connectivity index is 1.72. The Kier molecular flexibility index (Phi) is 6.69. The van der Waals surface area contributed by atoms with Crippen LogP contribution in [0.15, 0.2) is 0 Å². The van der Waals surface area contributed by atoms with Crippen LogP contribution < -0.4 is 5.32 Å². The Morgan fingerprint density at radius 1 is 1.06 bits per heavy atom. The third-order valence-electron chi connectivity index (χ3n) is 8.53. The van der Waals surface area contributed by atoms with Crippen LogP contribution in [0.2, 0.25) is 0 Å². The molecule has 2 aliphatic heterocycles. The number of carbonyl (C=O) groups excluding carboxylic acids is 3. The standard InChI is InChI=1S/C25H41N3O6S/c1-15(2)19(26-23(31)34-24(3,4)5)21(29)27-14-13-18-20(27)25(16-9-7-10-16,17-11-8-12-17)22(30)28(18)35(6,32)33/h15-20H,7-14H2,1-6H3,(H,26,31)/t18-,19-,20-/m0/s1. The molecule has 0 aromatic heterocycles. The van der Waals surface area contributed by atoms with E-state index in [9.17, 15) is 22.8 Å². The summed E-state index contributed by atoms with van der Waals surface area (Å²) in [6.07, 6.45) is 6.44. The molecule has 3 amide bonds. The second-order valence-electron chi connectivity index (χ2n) is 12.3. The second kappa shape index (κ2) is 8.92. The lowest BCUT2D eigenvalue weighted by Crippen LogP contribution is -2.62. The van der Waals surface area contributed by atoms with E-state index < -0.39 is 45.3 Å². The van der Waals surface area contributed by atoms with Gasteiger partial charge in [-0.25, -0.2) is 17.5 Å². The van der Waals surface area contributed by atoms with Crippen molar-refractivity contribution in [3.05, 3.63) is 0 Å². The molecule has 0 aromatic rings. The van der Waals surface area contributed by atoms with Crippen molar-refractivity contribution in [1.82, 2.24) is 14.5 Å². The molecule has 2 saturated carbocycles. The highest BCUT2D eigenvalue weighted by Crippen LogP contribution is 2.62. The van der Waals surface area contributed by atoms with Gasteiger partial charge in [-0.3, -0.25) is 9.59 Å². The molecule has 4 aliphatic rings. The first-order chi connectivity index (χ1) is 16.2. The van der Waals surface area contributed by atoms with Crippen molar-refractivity contribution in [2.24, 2.45) is 23.2 Å². The molecule has 2 heterocycles. The topological polar surface area (TPSA) is 113 Å². The first-order valence-corrected chi connectivity index (χ1v) is 14.9. The zero-order valence-electron chi connectivity index (χ0n) is 21.9. The van der Waals surface area contributed by atoms with Gasteiger partial charge in [0.15, 0.2) is 0 Å². The lowest BCUT2D eigenvalue weighted by atomic mass is 9.51. The highest BCUT2D eigenvalue weighted by atomic mass is 32.2. The average molecular weight is 512 g/mol. The van der Waals surface area contributed by atoms with E-state index in [1.807, 2.05) is 13.8 Å². The average Bonchev–Trinajstić information content (AvgIpc) is 3.12. The molecule has 2 aliphatic carbocycles. The first-order valence-electron chi connectivity index (χ1n) is 13.0. The van der Waals surface area contributed by atoms with Crippen LogP contribution in [0.3, 0.4) is 0 Å². The van der Waals surface area contributed by atoms with E-state index in [-0.39, 0.29) is 29.6 Å². The van der Waals surface area contributed by atoms with Gasteiger partial charge in [-0.05, 0) is 70.6 Å². The maximum atomic E-state index is 14.1. The number of alkyl carbamates (subject to hydrolysis) is 1. The summed E-state index contributed by atoms with van der Waals surface area (Å²) >= 11 is 0. The molecule has 1 N–H and O–H groups in total. The number of likely N-dealkylation sites (tertiary alicyclic amines) is 1. The van der Waals surface area contributed by atoms with Crippen molar-refractivity contribution in [3.8, 4) is 0 Å². The zero-order chi connectivity index (χ0) is 25.9. The molecule has 0 bridgehead atoms. The van der Waals surface area contributed by atoms with Gasteiger partial charge in [0.1, 0.15) is 11.6 Å². The minimum atomic E-state index is -3.78. The highest BCUT2D eigenvalue weighted by Gasteiger charge is 2.72. The van der Waals surface area contributed by atoms with E-state index in [1.165, 1.54) is 0 Å². The normalized spacial score (nSPS) is 27.9. The summed E-state index contributed by atoms with van der Waals surface area (Å²) in [5.41, 5.74) is -1.56. The van der Waals surface area contributed by atoms with E-state index >= 15 is 0 Å². The van der Waals surface area contributed by atoms with Crippen LogP contribution in [0.5, 0.6) is 0 Å². The molecule has 4 fully saturated rings. The number of rotatable bonds is 6. The molecule has 198 valence electrons. The minimum Gasteiger partial charge on any atom is -0.444 e. The number of hydrogen-bond donors (Lipinski definition) is 1. The number of ether oxygens (including phenoxy) is 1. The summed E-state index contributed by atoms with van der Waals surface area (Å²) in [6.45, 7) is 9.38. The fourth-order valence-electron chi connectivity index (χ4n) is 6.77. The fourth-order valence-corrected chi connectivity index (χ4v) is 7.95. The number of amides is 3. The predicted octanol–water partition coefficient (Wildman–Crippen LogP) is 2.89. The van der Waals surface area contributed by atoms with Gasteiger partial charge in [-0.15, -0.1) is 0 Å². The summed E-state index contributed by atoms with van der Waals surface area (Å²) in [5, 5.41) is 2.75. The number of hydrogen-bond acceptors (Lipinski definition) is 6. The van der Waals surface area contributed by atoms with Gasteiger partial charge in [-0.1, -0.05) is 26.7 Å². The molecule has 4 rings (SSSR count). The highest BCUT2D eigenvalue weighted by molar-refractivity contribution is 7.88. The summed E-state index contributed by atoms with van der Waals surface area (Å²) in [5.74, 6) is -0.597. The van der Waals surface area contributed by atoms with Crippen molar-refractivity contribution in [2.75, 3.05) is 12.8 Å². The Bertz CT molecular complexity index is 966. The third kappa shape index (κ3) is 4.33. The molecule has 35 heavy (non-hydrogen) atoms. The Labute approximate surface area is 209 Å². The number of nitrogens with one attached hydrogen (secondary N) is 1. The maximum absolute atomic E-state index is 14.1. The maximum Gasteiger partial charge on any atom is 0.408 e. The van der Waals surface area contributed by atoms with E-state index in [0.29, 0.717) is 13.0 Å². The first kappa shape index (κ1) is 26.2. The van der Waals surface area contributed by atoms with Gasteiger partial charge in [0.2, 0.25) is 21.8 Å². The van der Waals surface area contributed by atoms with Crippen LogP contribution in [0.25, 0.3) is 0 Å².